The van der Waals surface area contributed by atoms with Gasteiger partial charge < -0.3 is 15.4 Å². The maximum atomic E-state index is 13.0. The number of ether oxygens (including phenoxy) is 1. The summed E-state index contributed by atoms with van der Waals surface area (Å²) in [5.74, 6) is 0.0248. The first-order valence-corrected chi connectivity index (χ1v) is 9.30. The van der Waals surface area contributed by atoms with Crippen LogP contribution in [0.4, 0.5) is 5.69 Å². The first kappa shape index (κ1) is 16.1. The Morgan fingerprint density at radius 1 is 1.40 bits per heavy atom. The number of hydrogen-bond donors (Lipinski definition) is 2. The van der Waals surface area contributed by atoms with Crippen molar-refractivity contribution in [2.45, 2.75) is 44.2 Å². The number of amides is 2. The lowest BCUT2D eigenvalue weighted by Crippen LogP contribution is -2.44. The lowest BCUT2D eigenvalue weighted by molar-refractivity contribution is -0.122. The largest absolute Gasteiger partial charge is 0.478 e. The van der Waals surface area contributed by atoms with Gasteiger partial charge in [-0.25, -0.2) is 4.98 Å². The second kappa shape index (κ2) is 6.15. The Kier molecular flexibility index (Phi) is 3.95. The second-order valence-electron chi connectivity index (χ2n) is 6.51. The Morgan fingerprint density at radius 2 is 2.20 bits per heavy atom. The number of nitrogens with zero attached hydrogens (tertiary/aromatic N) is 1. The SMILES string of the molecule is C[C@@H]1Oc2c(cccc2C(=O)NC2(c3nccs3)CCCC2)NC1=O. The van der Waals surface area contributed by atoms with Gasteiger partial charge in [0.2, 0.25) is 0 Å². The van der Waals surface area contributed by atoms with E-state index in [1.165, 1.54) is 0 Å². The van der Waals surface area contributed by atoms with Gasteiger partial charge in [0.05, 0.1) is 16.8 Å². The molecule has 1 atom stereocenters. The lowest BCUT2D eigenvalue weighted by atomic mass is 9.97. The number of anilines is 1. The number of carbonyl (C=O) groups excluding carboxylic acids is 2. The van der Waals surface area contributed by atoms with Crippen molar-refractivity contribution in [3.63, 3.8) is 0 Å². The molecule has 2 aliphatic rings. The van der Waals surface area contributed by atoms with Crippen LogP contribution in [0, 0.1) is 0 Å². The summed E-state index contributed by atoms with van der Waals surface area (Å²) < 4.78 is 5.70. The fourth-order valence-corrected chi connectivity index (χ4v) is 4.37. The summed E-state index contributed by atoms with van der Waals surface area (Å²) in [6.07, 6.45) is 5.05. The molecule has 25 heavy (non-hydrogen) atoms. The third-order valence-corrected chi connectivity index (χ3v) is 5.81. The molecule has 2 amide bonds. The van der Waals surface area contributed by atoms with Gasteiger partial charge in [-0.15, -0.1) is 11.3 Å². The third-order valence-electron chi connectivity index (χ3n) is 4.83. The minimum absolute atomic E-state index is 0.197. The molecule has 1 fully saturated rings. The quantitative estimate of drug-likeness (QED) is 0.885. The maximum absolute atomic E-state index is 13.0. The Bertz CT molecular complexity index is 813. The van der Waals surface area contributed by atoms with Gasteiger partial charge in [0.15, 0.2) is 11.9 Å². The average molecular weight is 357 g/mol. The van der Waals surface area contributed by atoms with Gasteiger partial charge in [0.1, 0.15) is 5.01 Å². The van der Waals surface area contributed by atoms with Crippen LogP contribution in [0.15, 0.2) is 29.8 Å². The van der Waals surface area contributed by atoms with Crippen LogP contribution < -0.4 is 15.4 Å². The molecule has 0 spiro atoms. The van der Waals surface area contributed by atoms with E-state index in [2.05, 4.69) is 15.6 Å². The standard InChI is InChI=1S/C18H19N3O3S/c1-11-15(22)20-13-6-4-5-12(14(13)24-11)16(23)21-18(7-2-3-8-18)17-19-9-10-25-17/h4-6,9-11H,2-3,7-8H2,1H3,(H,20,22)(H,21,23)/t11-/m0/s1. The molecule has 2 N–H and O–H groups in total. The summed E-state index contributed by atoms with van der Waals surface area (Å²) in [6.45, 7) is 1.67. The highest BCUT2D eigenvalue weighted by Crippen LogP contribution is 2.41. The molecule has 1 aromatic carbocycles. The van der Waals surface area contributed by atoms with Crippen LogP contribution in [0.5, 0.6) is 5.75 Å². The summed E-state index contributed by atoms with van der Waals surface area (Å²) in [5.41, 5.74) is 0.565. The van der Waals surface area contributed by atoms with Crippen LogP contribution in [-0.2, 0) is 10.3 Å². The van der Waals surface area contributed by atoms with Crippen molar-refractivity contribution >= 4 is 28.8 Å². The normalized spacial score (nSPS) is 21.2. The van der Waals surface area contributed by atoms with E-state index in [1.54, 1.807) is 42.7 Å². The van der Waals surface area contributed by atoms with E-state index in [0.29, 0.717) is 17.0 Å². The lowest BCUT2D eigenvalue weighted by Gasteiger charge is -2.30. The Hall–Kier alpha value is -2.41. The highest BCUT2D eigenvalue weighted by atomic mass is 32.1. The topological polar surface area (TPSA) is 80.3 Å². The summed E-state index contributed by atoms with van der Waals surface area (Å²) in [6, 6.07) is 5.21. The van der Waals surface area contributed by atoms with Gasteiger partial charge in [-0.1, -0.05) is 18.9 Å². The Morgan fingerprint density at radius 3 is 2.92 bits per heavy atom. The van der Waals surface area contributed by atoms with Crippen LogP contribution in [0.3, 0.4) is 0 Å². The predicted octanol–water partition coefficient (Wildman–Crippen LogP) is 3.06. The van der Waals surface area contributed by atoms with E-state index >= 15 is 0 Å². The van der Waals surface area contributed by atoms with Crippen molar-refractivity contribution in [3.8, 4) is 5.75 Å². The van der Waals surface area contributed by atoms with Gasteiger partial charge in [0.25, 0.3) is 11.8 Å². The number of rotatable bonds is 3. The first-order valence-electron chi connectivity index (χ1n) is 8.42. The first-order chi connectivity index (χ1) is 12.1. The number of fused-ring (bicyclic) bond motifs is 1. The van der Waals surface area contributed by atoms with Gasteiger partial charge >= 0.3 is 0 Å². The van der Waals surface area contributed by atoms with Crippen molar-refractivity contribution in [1.82, 2.24) is 10.3 Å². The number of carbonyl (C=O) groups is 2. The number of hydrogen-bond acceptors (Lipinski definition) is 5. The molecule has 0 bridgehead atoms. The predicted molar refractivity (Wildman–Crippen MR) is 94.9 cm³/mol. The number of thiazole rings is 1. The van der Waals surface area contributed by atoms with Gasteiger partial charge in [-0.05, 0) is 31.9 Å². The van der Waals surface area contributed by atoms with Crippen molar-refractivity contribution in [2.75, 3.05) is 5.32 Å². The van der Waals surface area contributed by atoms with E-state index < -0.39 is 11.6 Å². The van der Waals surface area contributed by atoms with Crippen molar-refractivity contribution in [1.29, 1.82) is 0 Å². The van der Waals surface area contributed by atoms with E-state index in [4.69, 9.17) is 4.74 Å². The zero-order valence-electron chi connectivity index (χ0n) is 13.9. The molecule has 4 rings (SSSR count). The molecule has 1 saturated carbocycles. The minimum Gasteiger partial charge on any atom is -0.478 e. The van der Waals surface area contributed by atoms with Gasteiger partial charge in [-0.3, -0.25) is 9.59 Å². The second-order valence-corrected chi connectivity index (χ2v) is 7.41. The molecular weight excluding hydrogens is 338 g/mol. The van der Waals surface area contributed by atoms with Crippen LogP contribution in [0.2, 0.25) is 0 Å². The highest BCUT2D eigenvalue weighted by molar-refractivity contribution is 7.09. The van der Waals surface area contributed by atoms with Gasteiger partial charge in [-0.2, -0.15) is 0 Å². The van der Waals surface area contributed by atoms with Gasteiger partial charge in [0, 0.05) is 11.6 Å². The average Bonchev–Trinajstić information content (AvgIpc) is 3.27. The molecule has 2 aromatic rings. The fraction of sp³-hybridized carbons (Fsp3) is 0.389. The molecule has 2 heterocycles. The molecule has 1 aromatic heterocycles. The van der Waals surface area contributed by atoms with Crippen molar-refractivity contribution in [3.05, 3.63) is 40.3 Å². The fourth-order valence-electron chi connectivity index (χ4n) is 3.52. The van der Waals surface area contributed by atoms with E-state index in [9.17, 15) is 9.59 Å². The number of para-hydroxylation sites is 1. The molecule has 7 heteroatoms. The molecule has 0 saturated heterocycles. The number of benzene rings is 1. The van der Waals surface area contributed by atoms with Crippen LogP contribution >= 0.6 is 11.3 Å². The summed E-state index contributed by atoms with van der Waals surface area (Å²) in [7, 11) is 0. The van der Waals surface area contributed by atoms with Crippen LogP contribution in [0.25, 0.3) is 0 Å². The molecule has 1 aliphatic carbocycles. The number of aromatic nitrogens is 1. The zero-order chi connectivity index (χ0) is 17.4. The minimum atomic E-state index is -0.624. The number of nitrogens with one attached hydrogen (secondary N) is 2. The van der Waals surface area contributed by atoms with Crippen molar-refractivity contribution in [2.24, 2.45) is 0 Å². The molecule has 1 aliphatic heterocycles. The van der Waals surface area contributed by atoms with Crippen molar-refractivity contribution < 1.29 is 14.3 Å². The van der Waals surface area contributed by atoms with E-state index in [0.717, 1.165) is 30.7 Å². The zero-order valence-corrected chi connectivity index (χ0v) is 14.7. The molecule has 6 nitrogen and oxygen atoms in total. The monoisotopic (exact) mass is 357 g/mol. The summed E-state index contributed by atoms with van der Waals surface area (Å²) in [5, 5.41) is 8.87. The third kappa shape index (κ3) is 2.78. The molecule has 130 valence electrons. The molecule has 0 unspecified atom stereocenters. The Balaban J connectivity index is 1.66. The summed E-state index contributed by atoms with van der Waals surface area (Å²) in [4.78, 5) is 29.3. The highest BCUT2D eigenvalue weighted by Gasteiger charge is 2.40. The smallest absolute Gasteiger partial charge is 0.265 e. The van der Waals surface area contributed by atoms with Crippen LogP contribution in [-0.4, -0.2) is 22.9 Å². The molecular formula is C18H19N3O3S. The molecule has 0 radical (unpaired) electrons. The van der Waals surface area contributed by atoms with E-state index in [-0.39, 0.29) is 11.8 Å². The summed E-state index contributed by atoms with van der Waals surface area (Å²) >= 11 is 1.57. The van der Waals surface area contributed by atoms with Crippen LogP contribution in [0.1, 0.15) is 48.0 Å². The maximum Gasteiger partial charge on any atom is 0.265 e. The Labute approximate surface area is 149 Å². The van der Waals surface area contributed by atoms with E-state index in [1.807, 2.05) is 5.38 Å².